The lowest BCUT2D eigenvalue weighted by molar-refractivity contribution is 0.149. The molecule has 0 unspecified atom stereocenters. The van der Waals surface area contributed by atoms with Gasteiger partial charge in [0, 0.05) is 43.8 Å². The fourth-order valence-corrected chi connectivity index (χ4v) is 4.54. The fourth-order valence-electron chi connectivity index (χ4n) is 4.54. The molecule has 168 valence electrons. The number of nitrogens with one attached hydrogen (secondary N) is 2. The van der Waals surface area contributed by atoms with Gasteiger partial charge in [-0.3, -0.25) is 9.36 Å². The summed E-state index contributed by atoms with van der Waals surface area (Å²) in [5, 5.41) is 6.83. The van der Waals surface area contributed by atoms with Crippen molar-refractivity contribution in [2.24, 2.45) is 0 Å². The summed E-state index contributed by atoms with van der Waals surface area (Å²) in [5.41, 5.74) is 0.258. The van der Waals surface area contributed by atoms with E-state index in [2.05, 4.69) is 30.5 Å². The lowest BCUT2D eigenvalue weighted by Crippen LogP contribution is -2.43. The van der Waals surface area contributed by atoms with Gasteiger partial charge in [-0.1, -0.05) is 12.8 Å². The summed E-state index contributed by atoms with van der Waals surface area (Å²) in [4.78, 5) is 28.4. The second-order valence-electron chi connectivity index (χ2n) is 8.25. The van der Waals surface area contributed by atoms with Gasteiger partial charge in [-0.2, -0.15) is 4.98 Å². The van der Waals surface area contributed by atoms with Crippen LogP contribution in [0.3, 0.4) is 0 Å². The van der Waals surface area contributed by atoms with Crippen molar-refractivity contribution in [1.29, 1.82) is 0 Å². The summed E-state index contributed by atoms with van der Waals surface area (Å²) in [7, 11) is 0. The first-order valence-electron chi connectivity index (χ1n) is 11.0. The zero-order chi connectivity index (χ0) is 22.1. The molecule has 0 bridgehead atoms. The smallest absolute Gasteiger partial charge is 0.269 e. The van der Waals surface area contributed by atoms with Gasteiger partial charge in [0.05, 0.1) is 17.4 Å². The average Bonchev–Trinajstić information content (AvgIpc) is 3.34. The Labute approximate surface area is 183 Å². The van der Waals surface area contributed by atoms with E-state index in [-0.39, 0.29) is 12.0 Å². The van der Waals surface area contributed by atoms with E-state index in [0.717, 1.165) is 57.5 Å². The molecule has 0 aromatic carbocycles. The molecule has 2 fully saturated rings. The van der Waals surface area contributed by atoms with E-state index in [4.69, 9.17) is 0 Å². The molecule has 1 aliphatic carbocycles. The van der Waals surface area contributed by atoms with Crippen LogP contribution in [0.25, 0.3) is 11.0 Å². The van der Waals surface area contributed by atoms with E-state index in [9.17, 15) is 13.6 Å². The van der Waals surface area contributed by atoms with Gasteiger partial charge in [0.15, 0.2) is 0 Å². The molecule has 2 N–H and O–H groups in total. The normalized spacial score (nSPS) is 17.4. The van der Waals surface area contributed by atoms with Crippen LogP contribution in [-0.2, 0) is 0 Å². The molecular formula is C22H25F2N7O. The third kappa shape index (κ3) is 4.02. The Hall–Kier alpha value is -3.14. The topological polar surface area (TPSA) is 88.0 Å². The quantitative estimate of drug-likeness (QED) is 0.628. The summed E-state index contributed by atoms with van der Waals surface area (Å²) in [6.45, 7) is 3.75. The molecule has 1 aliphatic heterocycles. The van der Waals surface area contributed by atoms with Crippen molar-refractivity contribution >= 4 is 28.5 Å². The Morgan fingerprint density at radius 3 is 2.56 bits per heavy atom. The van der Waals surface area contributed by atoms with Crippen molar-refractivity contribution in [3.63, 3.8) is 0 Å². The standard InChI is InChI=1S/C22H25F2N7O/c23-19(24)17-11-14-12-27-22(29-20(14)31(21(17)32)15-3-1-2-4-15)28-18-6-5-16(13-26-18)30-9-7-25-8-10-30/h5-6,11-13,15,19,25H,1-4,7-10H2,(H,26,27,28,29). The van der Waals surface area contributed by atoms with Crippen LogP contribution < -0.4 is 21.1 Å². The van der Waals surface area contributed by atoms with E-state index in [1.54, 1.807) is 6.20 Å². The summed E-state index contributed by atoms with van der Waals surface area (Å²) < 4.78 is 28.4. The Morgan fingerprint density at radius 1 is 1.09 bits per heavy atom. The van der Waals surface area contributed by atoms with Crippen LogP contribution in [-0.4, -0.2) is 45.7 Å². The first-order valence-corrected chi connectivity index (χ1v) is 11.0. The molecule has 3 aromatic rings. The highest BCUT2D eigenvalue weighted by Crippen LogP contribution is 2.32. The van der Waals surface area contributed by atoms with Crippen molar-refractivity contribution in [3.8, 4) is 0 Å². The zero-order valence-corrected chi connectivity index (χ0v) is 17.6. The molecule has 0 spiro atoms. The minimum absolute atomic E-state index is 0.122. The Morgan fingerprint density at radius 2 is 1.88 bits per heavy atom. The van der Waals surface area contributed by atoms with E-state index in [1.165, 1.54) is 16.8 Å². The van der Waals surface area contributed by atoms with Gasteiger partial charge in [-0.05, 0) is 31.0 Å². The second-order valence-corrected chi connectivity index (χ2v) is 8.25. The monoisotopic (exact) mass is 441 g/mol. The van der Waals surface area contributed by atoms with E-state index >= 15 is 0 Å². The number of pyridine rings is 2. The van der Waals surface area contributed by atoms with E-state index < -0.39 is 17.5 Å². The molecule has 1 saturated carbocycles. The number of aromatic nitrogens is 4. The van der Waals surface area contributed by atoms with Gasteiger partial charge < -0.3 is 15.5 Å². The maximum absolute atomic E-state index is 13.5. The van der Waals surface area contributed by atoms with Gasteiger partial charge in [-0.25, -0.2) is 18.7 Å². The molecule has 1 saturated heterocycles. The highest BCUT2D eigenvalue weighted by atomic mass is 19.3. The number of fused-ring (bicyclic) bond motifs is 1. The molecule has 32 heavy (non-hydrogen) atoms. The first kappa shape index (κ1) is 20.7. The highest BCUT2D eigenvalue weighted by molar-refractivity contribution is 5.76. The minimum atomic E-state index is -2.84. The van der Waals surface area contributed by atoms with Gasteiger partial charge in [0.1, 0.15) is 11.5 Å². The Bertz CT molecular complexity index is 1150. The van der Waals surface area contributed by atoms with Crippen molar-refractivity contribution in [2.45, 2.75) is 38.2 Å². The van der Waals surface area contributed by atoms with Crippen LogP contribution >= 0.6 is 0 Å². The van der Waals surface area contributed by atoms with Crippen LogP contribution in [0.4, 0.5) is 26.2 Å². The largest absolute Gasteiger partial charge is 0.368 e. The SMILES string of the molecule is O=c1c(C(F)F)cc2cnc(Nc3ccc(N4CCNCC4)cn3)nc2n1C1CCCC1. The third-order valence-electron chi connectivity index (χ3n) is 6.20. The molecule has 5 rings (SSSR count). The molecule has 8 nitrogen and oxygen atoms in total. The minimum Gasteiger partial charge on any atom is -0.368 e. The lowest BCUT2D eigenvalue weighted by Gasteiger charge is -2.29. The van der Waals surface area contributed by atoms with Crippen LogP contribution in [0.1, 0.15) is 43.7 Å². The molecule has 3 aromatic heterocycles. The fraction of sp³-hybridized carbons (Fsp3) is 0.455. The molecule has 0 radical (unpaired) electrons. The highest BCUT2D eigenvalue weighted by Gasteiger charge is 2.25. The first-order chi connectivity index (χ1) is 15.6. The second kappa shape index (κ2) is 8.78. The molecule has 4 heterocycles. The number of halogens is 2. The van der Waals surface area contributed by atoms with Crippen LogP contribution in [0.2, 0.25) is 0 Å². The molecule has 0 atom stereocenters. The molecule has 0 amide bonds. The van der Waals surface area contributed by atoms with Gasteiger partial charge in [0.25, 0.3) is 12.0 Å². The van der Waals surface area contributed by atoms with Crippen LogP contribution in [0.5, 0.6) is 0 Å². The summed E-state index contributed by atoms with van der Waals surface area (Å²) in [5.74, 6) is 0.845. The molecule has 2 aliphatic rings. The number of nitrogens with zero attached hydrogens (tertiary/aromatic N) is 5. The van der Waals surface area contributed by atoms with Crippen molar-refractivity contribution in [3.05, 3.63) is 46.5 Å². The number of anilines is 3. The van der Waals surface area contributed by atoms with E-state index in [0.29, 0.717) is 16.9 Å². The molecular weight excluding hydrogens is 416 g/mol. The predicted octanol–water partition coefficient (Wildman–Crippen LogP) is 3.39. The number of rotatable bonds is 5. The van der Waals surface area contributed by atoms with Crippen molar-refractivity contribution in [2.75, 3.05) is 36.4 Å². The number of alkyl halides is 2. The van der Waals surface area contributed by atoms with Crippen LogP contribution in [0.15, 0.2) is 35.4 Å². The Balaban J connectivity index is 1.46. The number of piperazine rings is 1. The number of hydrogen-bond donors (Lipinski definition) is 2. The zero-order valence-electron chi connectivity index (χ0n) is 17.6. The van der Waals surface area contributed by atoms with E-state index in [1.807, 2.05) is 12.1 Å². The summed E-state index contributed by atoms with van der Waals surface area (Å²) in [6, 6.07) is 4.93. The Kier molecular flexibility index (Phi) is 5.69. The van der Waals surface area contributed by atoms with Crippen LogP contribution in [0, 0.1) is 0 Å². The van der Waals surface area contributed by atoms with Gasteiger partial charge in [-0.15, -0.1) is 0 Å². The van der Waals surface area contributed by atoms with Crippen molar-refractivity contribution < 1.29 is 8.78 Å². The average molecular weight is 441 g/mol. The lowest BCUT2D eigenvalue weighted by atomic mass is 10.1. The predicted molar refractivity (Wildman–Crippen MR) is 119 cm³/mol. The van der Waals surface area contributed by atoms with Gasteiger partial charge in [0.2, 0.25) is 5.95 Å². The summed E-state index contributed by atoms with van der Waals surface area (Å²) in [6.07, 6.45) is 3.95. The molecule has 10 heteroatoms. The third-order valence-corrected chi connectivity index (χ3v) is 6.20. The number of hydrogen-bond acceptors (Lipinski definition) is 7. The maximum Gasteiger partial charge on any atom is 0.269 e. The van der Waals surface area contributed by atoms with Crippen molar-refractivity contribution in [1.82, 2.24) is 24.8 Å². The maximum atomic E-state index is 13.5. The summed E-state index contributed by atoms with van der Waals surface area (Å²) >= 11 is 0. The van der Waals surface area contributed by atoms with Gasteiger partial charge >= 0.3 is 0 Å².